The number of aromatic nitrogens is 2. The molecule has 15 heteroatoms. The first-order valence-electron chi connectivity index (χ1n) is 11.8. The van der Waals surface area contributed by atoms with Crippen molar-refractivity contribution < 1.29 is 42.5 Å². The minimum atomic E-state index is -4.55. The number of hydrogen-bond donors (Lipinski definition) is 4. The van der Waals surface area contributed by atoms with E-state index in [0.717, 1.165) is 12.3 Å². The molecule has 6 atom stereocenters. The molecule has 0 bridgehead atoms. The van der Waals surface area contributed by atoms with Gasteiger partial charge in [0.15, 0.2) is 6.23 Å². The summed E-state index contributed by atoms with van der Waals surface area (Å²) in [5.41, 5.74) is -4.12. The van der Waals surface area contributed by atoms with Gasteiger partial charge in [-0.15, -0.1) is 0 Å². The molecule has 1 aliphatic rings. The highest BCUT2D eigenvalue weighted by molar-refractivity contribution is 7.52. The molecule has 4 N–H and O–H groups in total. The Kier molecular flexibility index (Phi) is 8.97. The molecule has 1 saturated heterocycles. The largest absolute Gasteiger partial charge is 0.462 e. The van der Waals surface area contributed by atoms with E-state index >= 15 is 4.39 Å². The number of carbonyl (C=O) groups is 1. The van der Waals surface area contributed by atoms with E-state index in [0.29, 0.717) is 4.57 Å². The number of carbonyl (C=O) groups excluding carboxylic acids is 1. The van der Waals surface area contributed by atoms with Crippen LogP contribution in [0, 0.1) is 0 Å². The Labute approximate surface area is 217 Å². The Morgan fingerprint density at radius 3 is 2.50 bits per heavy atom. The molecule has 0 saturated carbocycles. The average Bonchev–Trinajstić information content (AvgIpc) is 3.05. The number of ether oxygens (including phenoxy) is 2. The number of halogens is 1. The molecule has 1 aromatic carbocycles. The van der Waals surface area contributed by atoms with E-state index in [1.165, 1.54) is 26.0 Å². The van der Waals surface area contributed by atoms with Gasteiger partial charge in [-0.25, -0.2) is 13.8 Å². The van der Waals surface area contributed by atoms with E-state index in [9.17, 15) is 29.2 Å². The van der Waals surface area contributed by atoms with Crippen LogP contribution < -0.4 is 20.9 Å². The van der Waals surface area contributed by atoms with Crippen LogP contribution in [-0.4, -0.2) is 62.0 Å². The predicted octanol–water partition coefficient (Wildman–Crippen LogP) is 1.37. The van der Waals surface area contributed by atoms with Gasteiger partial charge >= 0.3 is 19.4 Å². The Morgan fingerprint density at radius 2 is 1.92 bits per heavy atom. The summed E-state index contributed by atoms with van der Waals surface area (Å²) in [7, 11) is -4.55. The zero-order valence-corrected chi connectivity index (χ0v) is 22.1. The number of nitrogens with one attached hydrogen (secondary N) is 2. The number of hydrogen-bond acceptors (Lipinski definition) is 10. The first kappa shape index (κ1) is 29.7. The third-order valence-electron chi connectivity index (χ3n) is 5.74. The van der Waals surface area contributed by atoms with Gasteiger partial charge in [-0.2, -0.15) is 5.09 Å². The fraction of sp³-hybridized carbons (Fsp3) is 0.522. The highest BCUT2D eigenvalue weighted by Gasteiger charge is 2.65. The van der Waals surface area contributed by atoms with Crippen LogP contribution in [0.4, 0.5) is 4.39 Å². The second-order valence-electron chi connectivity index (χ2n) is 9.03. The fourth-order valence-corrected chi connectivity index (χ4v) is 5.26. The van der Waals surface area contributed by atoms with Crippen molar-refractivity contribution in [2.75, 3.05) is 6.61 Å². The third kappa shape index (κ3) is 6.40. The molecule has 3 rings (SSSR count). The summed E-state index contributed by atoms with van der Waals surface area (Å²) in [6, 6.07) is 7.42. The number of benzene rings is 1. The molecule has 1 aromatic heterocycles. The zero-order valence-electron chi connectivity index (χ0n) is 21.2. The molecule has 210 valence electrons. The third-order valence-corrected chi connectivity index (χ3v) is 7.37. The highest BCUT2D eigenvalue weighted by atomic mass is 31.2. The normalized spacial score (nSPS) is 27.6. The van der Waals surface area contributed by atoms with Crippen LogP contribution >= 0.6 is 7.75 Å². The molecule has 0 aliphatic carbocycles. The van der Waals surface area contributed by atoms with Crippen molar-refractivity contribution in [3.63, 3.8) is 0 Å². The van der Waals surface area contributed by atoms with Gasteiger partial charge < -0.3 is 24.2 Å². The molecule has 3 unspecified atom stereocenters. The van der Waals surface area contributed by atoms with Crippen LogP contribution in [0.3, 0.4) is 0 Å². The maximum absolute atomic E-state index is 16.0. The number of H-pyrrole nitrogens is 1. The Morgan fingerprint density at radius 1 is 1.26 bits per heavy atom. The quantitative estimate of drug-likeness (QED) is 0.231. The number of para-hydroxylation sites is 1. The van der Waals surface area contributed by atoms with Crippen LogP contribution in [0.5, 0.6) is 5.75 Å². The molecule has 2 aromatic rings. The zero-order chi connectivity index (χ0) is 28.3. The van der Waals surface area contributed by atoms with E-state index in [-0.39, 0.29) is 12.2 Å². The Bertz CT molecular complexity index is 1290. The monoisotopic (exact) mass is 559 g/mol. The molecular weight excluding hydrogens is 528 g/mol. The summed E-state index contributed by atoms with van der Waals surface area (Å²) in [6.45, 7) is 4.72. The van der Waals surface area contributed by atoms with Crippen molar-refractivity contribution in [1.29, 1.82) is 0 Å². The second-order valence-corrected chi connectivity index (χ2v) is 10.7. The molecule has 0 radical (unpaired) electrons. The van der Waals surface area contributed by atoms with Gasteiger partial charge in [0.25, 0.3) is 11.4 Å². The van der Waals surface area contributed by atoms with Crippen molar-refractivity contribution >= 4 is 13.7 Å². The van der Waals surface area contributed by atoms with Crippen LogP contribution in [0.2, 0.25) is 0 Å². The maximum atomic E-state index is 16.0. The lowest BCUT2D eigenvalue weighted by Crippen LogP contribution is -2.51. The minimum absolute atomic E-state index is 0.0521. The summed E-state index contributed by atoms with van der Waals surface area (Å²) in [4.78, 5) is 38.0. The fourth-order valence-electron chi connectivity index (χ4n) is 3.76. The lowest BCUT2D eigenvalue weighted by atomic mass is 9.90. The maximum Gasteiger partial charge on any atom is 0.459 e. The van der Waals surface area contributed by atoms with Gasteiger partial charge in [0.05, 0.1) is 6.10 Å². The molecule has 38 heavy (non-hydrogen) atoms. The molecule has 1 fully saturated rings. The minimum Gasteiger partial charge on any atom is -0.462 e. The Hall–Kier alpha value is -2.87. The van der Waals surface area contributed by atoms with E-state index in [4.69, 9.17) is 18.5 Å². The Balaban J connectivity index is 1.89. The number of esters is 1. The lowest BCUT2D eigenvalue weighted by Gasteiger charge is -2.31. The van der Waals surface area contributed by atoms with Crippen molar-refractivity contribution in [2.24, 2.45) is 0 Å². The van der Waals surface area contributed by atoms with E-state index in [2.05, 4.69) is 5.09 Å². The number of rotatable bonds is 11. The summed E-state index contributed by atoms with van der Waals surface area (Å²) in [5, 5.41) is 24.2. The number of aliphatic hydroxyl groups is 2. The molecular formula is C23H31FN3O10P. The van der Waals surface area contributed by atoms with E-state index in [1.54, 1.807) is 32.0 Å². The van der Waals surface area contributed by atoms with E-state index in [1.807, 2.05) is 4.98 Å². The lowest BCUT2D eigenvalue weighted by molar-refractivity contribution is -0.204. The second kappa shape index (κ2) is 11.5. The smallest absolute Gasteiger partial charge is 0.459 e. The van der Waals surface area contributed by atoms with Crippen LogP contribution in [0.25, 0.3) is 0 Å². The van der Waals surface area contributed by atoms with Crippen molar-refractivity contribution in [2.45, 2.75) is 70.0 Å². The van der Waals surface area contributed by atoms with E-state index < -0.39 is 67.5 Å². The van der Waals surface area contributed by atoms with Crippen molar-refractivity contribution in [3.05, 3.63) is 63.4 Å². The van der Waals surface area contributed by atoms with Gasteiger partial charge in [-0.05, 0) is 39.3 Å². The average molecular weight is 559 g/mol. The molecule has 1 aliphatic heterocycles. The predicted molar refractivity (Wildman–Crippen MR) is 131 cm³/mol. The first-order chi connectivity index (χ1) is 17.7. The molecule has 2 heterocycles. The standard InChI is InChI=1S/C23H31FN3O10P/c1-5-22(32)19(30)23(24,36-20(22)27-12-11-17(28)25-21(27)31)13-34-38(33,37-16-9-7-6-8-10-16)26-15(4)18(29)35-14(2)3/h6-12,14-15,19-20,30,32H,5,13H2,1-4H3,(H,26,33)(H,25,28,31)/t15?,19-,20?,22+,23+,38?/m0/s1. The van der Waals surface area contributed by atoms with Crippen LogP contribution in [0.15, 0.2) is 52.2 Å². The summed E-state index contributed by atoms with van der Waals surface area (Å²) in [5.74, 6) is -3.94. The molecule has 0 amide bonds. The topological polar surface area (TPSA) is 178 Å². The summed E-state index contributed by atoms with van der Waals surface area (Å²) >= 11 is 0. The van der Waals surface area contributed by atoms with Crippen LogP contribution in [0.1, 0.15) is 40.3 Å². The number of aromatic amines is 1. The molecule has 13 nitrogen and oxygen atoms in total. The van der Waals surface area contributed by atoms with Gasteiger partial charge in [-0.1, -0.05) is 25.1 Å². The SMILES string of the molecule is CC[C@]1(O)C(n2ccc(=O)[nH]c2=O)O[C@](F)(COP(=O)(NC(C)C(=O)OC(C)C)Oc2ccccc2)[C@H]1O. The van der Waals surface area contributed by atoms with Gasteiger partial charge in [-0.3, -0.25) is 23.7 Å². The van der Waals surface area contributed by atoms with Crippen LogP contribution in [-0.2, 0) is 23.4 Å². The number of alkyl halides is 1. The van der Waals surface area contributed by atoms with Crippen molar-refractivity contribution in [3.8, 4) is 5.75 Å². The first-order valence-corrected chi connectivity index (χ1v) is 13.3. The van der Waals surface area contributed by atoms with Gasteiger partial charge in [0.1, 0.15) is 30.1 Å². The van der Waals surface area contributed by atoms with Gasteiger partial charge in [0, 0.05) is 12.3 Å². The summed E-state index contributed by atoms with van der Waals surface area (Å²) in [6.07, 6.45) is -3.87. The highest BCUT2D eigenvalue weighted by Crippen LogP contribution is 2.51. The summed E-state index contributed by atoms with van der Waals surface area (Å²) < 4.78 is 51.5. The van der Waals surface area contributed by atoms with Gasteiger partial charge in [0.2, 0.25) is 0 Å². The number of nitrogens with zero attached hydrogens (tertiary/aromatic N) is 1. The molecule has 0 spiro atoms. The number of aliphatic hydroxyl groups excluding tert-OH is 1. The van der Waals surface area contributed by atoms with Crippen molar-refractivity contribution in [1.82, 2.24) is 14.6 Å².